The van der Waals surface area contributed by atoms with Gasteiger partial charge in [0.1, 0.15) is 12.2 Å². The molecule has 2 heterocycles. The molecular weight excluding hydrogens is 350 g/mol. The zero-order valence-corrected chi connectivity index (χ0v) is 14.3. The smallest absolute Gasteiger partial charge is 0.323 e. The van der Waals surface area contributed by atoms with Crippen molar-refractivity contribution in [2.24, 2.45) is 0 Å². The van der Waals surface area contributed by atoms with Crippen LogP contribution in [0.1, 0.15) is 35.1 Å². The fraction of sp³-hybridized carbons (Fsp3) is 0.400. The molecule has 1 amide bonds. The third-order valence-electron chi connectivity index (χ3n) is 3.29. The molecule has 0 spiro atoms. The van der Waals surface area contributed by atoms with E-state index in [-0.39, 0.29) is 12.5 Å². The number of carbonyl (C=O) groups excluding carboxylic acids is 1. The SMILES string of the molecule is CCCc1nc2c(Br)cc(C)cn2c1C(=O)N(C)CC(=O)O. The number of aromatic nitrogens is 2. The van der Waals surface area contributed by atoms with Crippen LogP contribution in [0.2, 0.25) is 0 Å². The third-order valence-corrected chi connectivity index (χ3v) is 3.88. The highest BCUT2D eigenvalue weighted by molar-refractivity contribution is 9.10. The van der Waals surface area contributed by atoms with Gasteiger partial charge in [0, 0.05) is 13.2 Å². The molecule has 0 atom stereocenters. The number of imidazole rings is 1. The van der Waals surface area contributed by atoms with Crippen molar-refractivity contribution >= 4 is 33.5 Å². The molecule has 0 fully saturated rings. The highest BCUT2D eigenvalue weighted by atomic mass is 79.9. The maximum atomic E-state index is 12.7. The lowest BCUT2D eigenvalue weighted by atomic mass is 10.2. The molecule has 0 aliphatic carbocycles. The van der Waals surface area contributed by atoms with E-state index in [9.17, 15) is 9.59 Å². The van der Waals surface area contributed by atoms with Gasteiger partial charge in [-0.05, 0) is 40.9 Å². The highest BCUT2D eigenvalue weighted by Gasteiger charge is 2.24. The normalized spacial score (nSPS) is 10.9. The number of carbonyl (C=O) groups is 2. The van der Waals surface area contributed by atoms with Gasteiger partial charge >= 0.3 is 5.97 Å². The predicted molar refractivity (Wildman–Crippen MR) is 86.2 cm³/mol. The molecule has 2 aromatic rings. The van der Waals surface area contributed by atoms with Gasteiger partial charge in [0.2, 0.25) is 0 Å². The van der Waals surface area contributed by atoms with Gasteiger partial charge in [-0.15, -0.1) is 0 Å². The van der Waals surface area contributed by atoms with Crippen molar-refractivity contribution in [3.63, 3.8) is 0 Å². The number of aliphatic carboxylic acids is 1. The van der Waals surface area contributed by atoms with Crippen LogP contribution < -0.4 is 0 Å². The third kappa shape index (κ3) is 3.14. The number of nitrogens with zero attached hydrogens (tertiary/aromatic N) is 3. The van der Waals surface area contributed by atoms with E-state index in [1.807, 2.05) is 26.1 Å². The number of hydrogen-bond acceptors (Lipinski definition) is 3. The van der Waals surface area contributed by atoms with Crippen LogP contribution in [0.3, 0.4) is 0 Å². The molecule has 0 saturated heterocycles. The number of carboxylic acid groups (broad SMARTS) is 1. The second-order valence-electron chi connectivity index (χ2n) is 5.27. The molecule has 0 aromatic carbocycles. The first-order valence-electron chi connectivity index (χ1n) is 6.99. The first-order valence-corrected chi connectivity index (χ1v) is 7.78. The average Bonchev–Trinajstić information content (AvgIpc) is 2.76. The van der Waals surface area contributed by atoms with Crippen LogP contribution >= 0.6 is 15.9 Å². The Hall–Kier alpha value is -1.89. The van der Waals surface area contributed by atoms with E-state index in [0.29, 0.717) is 23.5 Å². The number of likely N-dealkylation sites (N-methyl/N-ethyl adjacent to an activating group) is 1. The zero-order chi connectivity index (χ0) is 16.4. The molecule has 2 rings (SSSR count). The molecule has 6 nitrogen and oxygen atoms in total. The molecule has 0 aliphatic rings. The van der Waals surface area contributed by atoms with Gasteiger partial charge in [-0.2, -0.15) is 0 Å². The van der Waals surface area contributed by atoms with Crippen molar-refractivity contribution in [3.05, 3.63) is 33.7 Å². The van der Waals surface area contributed by atoms with Gasteiger partial charge in [0.25, 0.3) is 5.91 Å². The number of rotatable bonds is 5. The molecule has 7 heteroatoms. The monoisotopic (exact) mass is 367 g/mol. The van der Waals surface area contributed by atoms with Crippen molar-refractivity contribution < 1.29 is 14.7 Å². The maximum Gasteiger partial charge on any atom is 0.323 e. The summed E-state index contributed by atoms with van der Waals surface area (Å²) in [5.74, 6) is -1.38. The number of pyridine rings is 1. The number of hydrogen-bond donors (Lipinski definition) is 1. The van der Waals surface area contributed by atoms with Gasteiger partial charge in [-0.3, -0.25) is 14.0 Å². The molecule has 0 aliphatic heterocycles. The van der Waals surface area contributed by atoms with Crippen LogP contribution in [0.4, 0.5) is 0 Å². The summed E-state index contributed by atoms with van der Waals surface area (Å²) < 4.78 is 2.55. The van der Waals surface area contributed by atoms with E-state index in [4.69, 9.17) is 5.11 Å². The van der Waals surface area contributed by atoms with E-state index in [1.165, 1.54) is 11.9 Å². The van der Waals surface area contributed by atoms with Gasteiger partial charge in [-0.1, -0.05) is 13.3 Å². The Morgan fingerprint density at radius 3 is 2.73 bits per heavy atom. The fourth-order valence-electron chi connectivity index (χ4n) is 2.37. The zero-order valence-electron chi connectivity index (χ0n) is 12.8. The van der Waals surface area contributed by atoms with Crippen molar-refractivity contribution in [2.45, 2.75) is 26.7 Å². The minimum atomic E-state index is -1.04. The fourth-order valence-corrected chi connectivity index (χ4v) is 3.01. The number of aryl methyl sites for hydroxylation is 2. The van der Waals surface area contributed by atoms with Crippen LogP contribution in [-0.2, 0) is 11.2 Å². The Bertz CT molecular complexity index is 739. The van der Waals surface area contributed by atoms with Crippen LogP contribution in [0.15, 0.2) is 16.7 Å². The number of amides is 1. The summed E-state index contributed by atoms with van der Waals surface area (Å²) in [6.07, 6.45) is 3.35. The summed E-state index contributed by atoms with van der Waals surface area (Å²) in [7, 11) is 1.48. The van der Waals surface area contributed by atoms with E-state index in [0.717, 1.165) is 16.5 Å². The predicted octanol–water partition coefficient (Wildman–Crippen LogP) is 2.51. The van der Waals surface area contributed by atoms with Crippen molar-refractivity contribution in [1.29, 1.82) is 0 Å². The molecule has 0 radical (unpaired) electrons. The van der Waals surface area contributed by atoms with E-state index in [2.05, 4.69) is 20.9 Å². The molecule has 2 aromatic heterocycles. The first kappa shape index (κ1) is 16.5. The maximum absolute atomic E-state index is 12.7. The molecule has 22 heavy (non-hydrogen) atoms. The van der Waals surface area contributed by atoms with Crippen LogP contribution in [-0.4, -0.2) is 44.9 Å². The molecule has 1 N–H and O–H groups in total. The van der Waals surface area contributed by atoms with Gasteiger partial charge in [-0.25, -0.2) is 4.98 Å². The Labute approximate surface area is 136 Å². The number of carboxylic acids is 1. The molecule has 0 unspecified atom stereocenters. The molecule has 0 saturated carbocycles. The van der Waals surface area contributed by atoms with Gasteiger partial charge in [0.05, 0.1) is 10.2 Å². The minimum absolute atomic E-state index is 0.337. The Morgan fingerprint density at radius 2 is 2.14 bits per heavy atom. The topological polar surface area (TPSA) is 74.9 Å². The minimum Gasteiger partial charge on any atom is -0.480 e. The average molecular weight is 368 g/mol. The Kier molecular flexibility index (Phi) is 4.85. The lowest BCUT2D eigenvalue weighted by molar-refractivity contribution is -0.137. The Balaban J connectivity index is 2.61. The van der Waals surface area contributed by atoms with Crippen LogP contribution in [0.25, 0.3) is 5.65 Å². The molecular formula is C15H18BrN3O3. The van der Waals surface area contributed by atoms with Gasteiger partial charge < -0.3 is 10.0 Å². The van der Waals surface area contributed by atoms with Crippen molar-refractivity contribution in [3.8, 4) is 0 Å². The second kappa shape index (κ2) is 6.48. The summed E-state index contributed by atoms with van der Waals surface area (Å²) in [4.78, 5) is 29.2. The summed E-state index contributed by atoms with van der Waals surface area (Å²) in [6.45, 7) is 3.60. The summed E-state index contributed by atoms with van der Waals surface area (Å²) >= 11 is 3.47. The highest BCUT2D eigenvalue weighted by Crippen LogP contribution is 2.24. The number of fused-ring (bicyclic) bond motifs is 1. The lowest BCUT2D eigenvalue weighted by Gasteiger charge is -2.15. The largest absolute Gasteiger partial charge is 0.480 e. The van der Waals surface area contributed by atoms with Crippen LogP contribution in [0, 0.1) is 6.92 Å². The van der Waals surface area contributed by atoms with Gasteiger partial charge in [0.15, 0.2) is 5.65 Å². The van der Waals surface area contributed by atoms with E-state index < -0.39 is 5.97 Å². The second-order valence-corrected chi connectivity index (χ2v) is 6.13. The van der Waals surface area contributed by atoms with E-state index >= 15 is 0 Å². The van der Waals surface area contributed by atoms with E-state index in [1.54, 1.807) is 4.40 Å². The molecule has 118 valence electrons. The number of halogens is 1. The standard InChI is InChI=1S/C15H18BrN3O3/c1-4-5-11-13(15(22)18(3)8-12(20)21)19-7-9(2)6-10(16)14(19)17-11/h6-7H,4-5,8H2,1-3H3,(H,20,21). The first-order chi connectivity index (χ1) is 10.3. The molecule has 0 bridgehead atoms. The quantitative estimate of drug-likeness (QED) is 0.880. The van der Waals surface area contributed by atoms with Crippen molar-refractivity contribution in [1.82, 2.24) is 14.3 Å². The lowest BCUT2D eigenvalue weighted by Crippen LogP contribution is -2.33. The Morgan fingerprint density at radius 1 is 1.45 bits per heavy atom. The van der Waals surface area contributed by atoms with Crippen LogP contribution in [0.5, 0.6) is 0 Å². The van der Waals surface area contributed by atoms with Crippen molar-refractivity contribution in [2.75, 3.05) is 13.6 Å². The summed E-state index contributed by atoms with van der Waals surface area (Å²) in [6, 6.07) is 1.94. The summed E-state index contributed by atoms with van der Waals surface area (Å²) in [5, 5.41) is 8.88. The summed E-state index contributed by atoms with van der Waals surface area (Å²) in [5.41, 5.74) is 2.77.